The first-order chi connectivity index (χ1) is 12.4. The number of hydrogen-bond acceptors (Lipinski definition) is 4. The van der Waals surface area contributed by atoms with Gasteiger partial charge in [-0.2, -0.15) is 0 Å². The van der Waals surface area contributed by atoms with Gasteiger partial charge in [-0.15, -0.1) is 11.3 Å². The molecule has 0 saturated heterocycles. The van der Waals surface area contributed by atoms with Gasteiger partial charge in [0, 0.05) is 13.1 Å². The Morgan fingerprint density at radius 3 is 2.62 bits per heavy atom. The third kappa shape index (κ3) is 5.52. The molecule has 0 bridgehead atoms. The van der Waals surface area contributed by atoms with Gasteiger partial charge in [-0.05, 0) is 49.7 Å². The molecule has 0 fully saturated rings. The van der Waals surface area contributed by atoms with Crippen LogP contribution in [0.1, 0.15) is 38.9 Å². The second kappa shape index (κ2) is 9.66. The van der Waals surface area contributed by atoms with Gasteiger partial charge in [0.25, 0.3) is 11.8 Å². The van der Waals surface area contributed by atoms with Crippen LogP contribution in [-0.2, 0) is 0 Å². The summed E-state index contributed by atoms with van der Waals surface area (Å²) in [5.74, 6) is -1.14. The first kappa shape index (κ1) is 20.4. The van der Waals surface area contributed by atoms with E-state index in [2.05, 4.69) is 22.9 Å². The summed E-state index contributed by atoms with van der Waals surface area (Å²) in [6.45, 7) is 6.03. The Balaban J connectivity index is 1.98. The summed E-state index contributed by atoms with van der Waals surface area (Å²) < 4.78 is 13.1. The van der Waals surface area contributed by atoms with E-state index in [0.29, 0.717) is 23.0 Å². The van der Waals surface area contributed by atoms with E-state index in [1.54, 1.807) is 13.0 Å². The monoisotopic (exact) mass is 397 g/mol. The molecule has 2 rings (SSSR count). The molecular formula is C18H21ClFN3O2S. The van der Waals surface area contributed by atoms with Gasteiger partial charge in [0.15, 0.2) is 0 Å². The number of nitrogens with one attached hydrogen (secondary N) is 3. The van der Waals surface area contributed by atoms with Crippen LogP contribution in [0.25, 0.3) is 0 Å². The fraction of sp³-hybridized carbons (Fsp3) is 0.333. The van der Waals surface area contributed by atoms with E-state index in [1.165, 1.54) is 23.5 Å². The molecule has 0 aliphatic carbocycles. The highest BCUT2D eigenvalue weighted by Crippen LogP contribution is 2.28. The molecule has 1 heterocycles. The number of amides is 2. The summed E-state index contributed by atoms with van der Waals surface area (Å²) in [7, 11) is 0. The van der Waals surface area contributed by atoms with Crippen LogP contribution in [0.5, 0.6) is 0 Å². The predicted molar refractivity (Wildman–Crippen MR) is 104 cm³/mol. The van der Waals surface area contributed by atoms with Gasteiger partial charge in [-0.25, -0.2) is 4.39 Å². The Labute approximate surface area is 160 Å². The van der Waals surface area contributed by atoms with Crippen molar-refractivity contribution in [1.82, 2.24) is 10.6 Å². The quantitative estimate of drug-likeness (QED) is 0.593. The van der Waals surface area contributed by atoms with Crippen LogP contribution in [0.15, 0.2) is 24.3 Å². The molecule has 2 amide bonds. The zero-order chi connectivity index (χ0) is 19.1. The second-order valence-electron chi connectivity index (χ2n) is 5.71. The lowest BCUT2D eigenvalue weighted by Gasteiger charge is -2.05. The Kier molecular flexibility index (Phi) is 7.56. The Morgan fingerprint density at radius 2 is 1.92 bits per heavy atom. The lowest BCUT2D eigenvalue weighted by atomic mass is 10.2. The minimum absolute atomic E-state index is 0.0355. The third-order valence-corrected chi connectivity index (χ3v) is 5.01. The highest BCUT2D eigenvalue weighted by molar-refractivity contribution is 7.18. The number of rotatable bonds is 8. The molecule has 5 nitrogen and oxygen atoms in total. The van der Waals surface area contributed by atoms with E-state index in [-0.39, 0.29) is 16.5 Å². The largest absolute Gasteiger partial charge is 0.350 e. The van der Waals surface area contributed by atoms with Crippen molar-refractivity contribution in [3.8, 4) is 0 Å². The smallest absolute Gasteiger partial charge is 0.261 e. The number of benzene rings is 1. The van der Waals surface area contributed by atoms with Crippen LogP contribution in [0, 0.1) is 12.7 Å². The van der Waals surface area contributed by atoms with E-state index in [0.717, 1.165) is 24.6 Å². The topological polar surface area (TPSA) is 70.2 Å². The van der Waals surface area contributed by atoms with Crippen molar-refractivity contribution >= 4 is 39.8 Å². The van der Waals surface area contributed by atoms with Crippen LogP contribution in [0.4, 0.5) is 9.39 Å². The van der Waals surface area contributed by atoms with E-state index in [4.69, 9.17) is 11.6 Å². The average Bonchev–Trinajstić information content (AvgIpc) is 2.94. The maximum atomic E-state index is 13.1. The fourth-order valence-electron chi connectivity index (χ4n) is 2.27. The van der Waals surface area contributed by atoms with Crippen molar-refractivity contribution in [3.63, 3.8) is 0 Å². The van der Waals surface area contributed by atoms with Gasteiger partial charge in [-0.1, -0.05) is 18.5 Å². The molecule has 0 radical (unpaired) electrons. The first-order valence-corrected chi connectivity index (χ1v) is 9.47. The molecule has 0 atom stereocenters. The minimum atomic E-state index is -0.508. The van der Waals surface area contributed by atoms with Crippen molar-refractivity contribution in [1.29, 1.82) is 0 Å². The molecule has 26 heavy (non-hydrogen) atoms. The summed E-state index contributed by atoms with van der Waals surface area (Å²) in [5.41, 5.74) is 0.946. The van der Waals surface area contributed by atoms with Gasteiger partial charge in [-0.3, -0.25) is 9.59 Å². The number of carbonyl (C=O) groups excluding carboxylic acids is 2. The number of halogens is 2. The molecule has 0 spiro atoms. The number of thiophene rings is 1. The number of carbonyl (C=O) groups is 2. The Hall–Kier alpha value is -1.96. The van der Waals surface area contributed by atoms with Crippen molar-refractivity contribution in [2.24, 2.45) is 0 Å². The summed E-state index contributed by atoms with van der Waals surface area (Å²) in [6.07, 6.45) is 1.04. The second-order valence-corrected chi connectivity index (χ2v) is 7.17. The normalized spacial score (nSPS) is 10.6. The number of anilines is 1. The number of aryl methyl sites for hydroxylation is 1. The van der Waals surface area contributed by atoms with Gasteiger partial charge in [0.05, 0.1) is 20.5 Å². The molecule has 0 unspecified atom stereocenters. The SMILES string of the molecule is CCCNCCNC(=O)c1sc(NC(=O)c2ccc(F)cc2Cl)cc1C. The van der Waals surface area contributed by atoms with E-state index in [9.17, 15) is 14.0 Å². The molecule has 1 aromatic heterocycles. The van der Waals surface area contributed by atoms with E-state index in [1.807, 2.05) is 0 Å². The molecule has 0 aliphatic rings. The lowest BCUT2D eigenvalue weighted by Crippen LogP contribution is -2.31. The van der Waals surface area contributed by atoms with Crippen molar-refractivity contribution in [2.45, 2.75) is 20.3 Å². The summed E-state index contributed by atoms with van der Waals surface area (Å²) >= 11 is 7.09. The zero-order valence-corrected chi connectivity index (χ0v) is 16.2. The van der Waals surface area contributed by atoms with Crippen molar-refractivity contribution in [3.05, 3.63) is 51.1 Å². The van der Waals surface area contributed by atoms with E-state index >= 15 is 0 Å². The molecule has 2 aromatic rings. The molecule has 0 aliphatic heterocycles. The Morgan fingerprint density at radius 1 is 1.15 bits per heavy atom. The highest BCUT2D eigenvalue weighted by Gasteiger charge is 2.16. The predicted octanol–water partition coefficient (Wildman–Crippen LogP) is 3.83. The van der Waals surface area contributed by atoms with Crippen LogP contribution in [-0.4, -0.2) is 31.4 Å². The Bertz CT molecular complexity index is 795. The average molecular weight is 398 g/mol. The zero-order valence-electron chi connectivity index (χ0n) is 14.6. The van der Waals surface area contributed by atoms with Crippen LogP contribution < -0.4 is 16.0 Å². The van der Waals surface area contributed by atoms with E-state index < -0.39 is 11.7 Å². The third-order valence-electron chi connectivity index (χ3n) is 3.55. The minimum Gasteiger partial charge on any atom is -0.350 e. The van der Waals surface area contributed by atoms with Crippen molar-refractivity contribution < 1.29 is 14.0 Å². The molecule has 0 saturated carbocycles. The molecule has 140 valence electrons. The molecule has 1 aromatic carbocycles. The fourth-order valence-corrected chi connectivity index (χ4v) is 3.51. The lowest BCUT2D eigenvalue weighted by molar-refractivity contribution is 0.0956. The maximum Gasteiger partial charge on any atom is 0.261 e. The molecule has 3 N–H and O–H groups in total. The van der Waals surface area contributed by atoms with Crippen molar-refractivity contribution in [2.75, 3.05) is 25.0 Å². The van der Waals surface area contributed by atoms with Crippen LogP contribution >= 0.6 is 22.9 Å². The van der Waals surface area contributed by atoms with Gasteiger partial charge < -0.3 is 16.0 Å². The highest BCUT2D eigenvalue weighted by atomic mass is 35.5. The molecule has 8 heteroatoms. The molecular weight excluding hydrogens is 377 g/mol. The summed E-state index contributed by atoms with van der Waals surface area (Å²) in [4.78, 5) is 25.1. The van der Waals surface area contributed by atoms with Gasteiger partial charge in [0.1, 0.15) is 5.82 Å². The van der Waals surface area contributed by atoms with Crippen LogP contribution in [0.3, 0.4) is 0 Å². The van der Waals surface area contributed by atoms with Gasteiger partial charge in [0.2, 0.25) is 0 Å². The first-order valence-electron chi connectivity index (χ1n) is 8.28. The maximum absolute atomic E-state index is 13.1. The standard InChI is InChI=1S/C18H21ClFN3O2S/c1-3-6-21-7-8-22-18(25)16-11(2)9-15(26-16)23-17(24)13-5-4-12(20)10-14(13)19/h4-5,9-10,21H,3,6-8H2,1-2H3,(H,22,25)(H,23,24). The van der Waals surface area contributed by atoms with Gasteiger partial charge >= 0.3 is 0 Å². The van der Waals surface area contributed by atoms with Crippen LogP contribution in [0.2, 0.25) is 5.02 Å². The summed E-state index contributed by atoms with van der Waals surface area (Å²) in [6, 6.07) is 5.31. The summed E-state index contributed by atoms with van der Waals surface area (Å²) in [5, 5.41) is 9.32. The number of hydrogen-bond donors (Lipinski definition) is 3.